The fourth-order valence-electron chi connectivity index (χ4n) is 3.24. The Bertz CT molecular complexity index is 825. The minimum Gasteiger partial charge on any atom is -0.435 e. The first-order valence-electron chi connectivity index (χ1n) is 9.42. The third-order valence-corrected chi connectivity index (χ3v) is 4.67. The van der Waals surface area contributed by atoms with Crippen LogP contribution in [0, 0.1) is 0 Å². The minimum absolute atomic E-state index is 0.0318. The molecule has 0 radical (unpaired) electrons. The van der Waals surface area contributed by atoms with Gasteiger partial charge in [0.2, 0.25) is 5.91 Å². The molecule has 0 unspecified atom stereocenters. The number of carbonyl (C=O) groups is 2. The molecule has 1 saturated heterocycles. The first-order chi connectivity index (χ1) is 14.0. The molecule has 6 nitrogen and oxygen atoms in total. The maximum atomic E-state index is 12.4. The van der Waals surface area contributed by atoms with E-state index in [1.807, 2.05) is 35.2 Å². The van der Waals surface area contributed by atoms with Crippen LogP contribution >= 0.6 is 0 Å². The van der Waals surface area contributed by atoms with Gasteiger partial charge in [-0.05, 0) is 43.2 Å². The summed E-state index contributed by atoms with van der Waals surface area (Å²) in [5, 5.41) is 5.78. The van der Waals surface area contributed by atoms with Crippen LogP contribution in [0.25, 0.3) is 0 Å². The molecule has 0 aromatic heterocycles. The number of amides is 2. The molecule has 0 atom stereocenters. The average molecular weight is 403 g/mol. The summed E-state index contributed by atoms with van der Waals surface area (Å²) in [6, 6.07) is 15.0. The molecule has 0 aliphatic carbocycles. The van der Waals surface area contributed by atoms with Crippen molar-refractivity contribution >= 4 is 17.5 Å². The molecule has 29 heavy (non-hydrogen) atoms. The summed E-state index contributed by atoms with van der Waals surface area (Å²) in [6.45, 7) is -1.27. The van der Waals surface area contributed by atoms with E-state index in [2.05, 4.69) is 15.4 Å². The summed E-state index contributed by atoms with van der Waals surface area (Å²) in [6.07, 6.45) is 1.41. The fraction of sp³-hybridized carbons (Fsp3) is 0.333. The van der Waals surface area contributed by atoms with Crippen molar-refractivity contribution in [3.8, 4) is 5.75 Å². The first-order valence-corrected chi connectivity index (χ1v) is 9.42. The van der Waals surface area contributed by atoms with Crippen molar-refractivity contribution in [2.24, 2.45) is 0 Å². The van der Waals surface area contributed by atoms with E-state index >= 15 is 0 Å². The van der Waals surface area contributed by atoms with Gasteiger partial charge in [0.25, 0.3) is 5.91 Å². The Hall–Kier alpha value is -3.00. The zero-order valence-corrected chi connectivity index (χ0v) is 15.8. The zero-order chi connectivity index (χ0) is 20.6. The van der Waals surface area contributed by atoms with Gasteiger partial charge in [0, 0.05) is 30.4 Å². The van der Waals surface area contributed by atoms with Crippen molar-refractivity contribution < 1.29 is 23.1 Å². The lowest BCUT2D eigenvalue weighted by molar-refractivity contribution is -0.117. The zero-order valence-electron chi connectivity index (χ0n) is 15.8. The third kappa shape index (κ3) is 6.53. The number of benzene rings is 2. The molecule has 2 aromatic carbocycles. The minimum atomic E-state index is -2.93. The van der Waals surface area contributed by atoms with E-state index < -0.39 is 6.61 Å². The summed E-state index contributed by atoms with van der Waals surface area (Å²) in [5.41, 5.74) is 1.03. The molecular weight excluding hydrogens is 380 g/mol. The predicted octanol–water partition coefficient (Wildman–Crippen LogP) is 3.12. The number of piperidine rings is 1. The average Bonchev–Trinajstić information content (AvgIpc) is 2.70. The topological polar surface area (TPSA) is 70.7 Å². The van der Waals surface area contributed by atoms with Gasteiger partial charge in [0.15, 0.2) is 0 Å². The van der Waals surface area contributed by atoms with Crippen LogP contribution in [0.4, 0.5) is 14.5 Å². The second-order valence-electron chi connectivity index (χ2n) is 6.84. The molecule has 1 aliphatic rings. The van der Waals surface area contributed by atoms with Gasteiger partial charge in [-0.1, -0.05) is 24.3 Å². The van der Waals surface area contributed by atoms with Crippen LogP contribution < -0.4 is 15.4 Å². The maximum Gasteiger partial charge on any atom is 0.387 e. The van der Waals surface area contributed by atoms with Gasteiger partial charge in [-0.25, -0.2) is 0 Å². The van der Waals surface area contributed by atoms with E-state index in [0.29, 0.717) is 32.5 Å². The number of para-hydroxylation sites is 1. The van der Waals surface area contributed by atoms with E-state index in [0.717, 1.165) is 5.69 Å². The molecule has 1 aliphatic heterocycles. The largest absolute Gasteiger partial charge is 0.435 e. The number of hydrogen-bond donors (Lipinski definition) is 2. The maximum absolute atomic E-state index is 12.4. The number of rotatable bonds is 7. The van der Waals surface area contributed by atoms with Gasteiger partial charge in [-0.3, -0.25) is 14.5 Å². The highest BCUT2D eigenvalue weighted by molar-refractivity contribution is 5.94. The van der Waals surface area contributed by atoms with E-state index in [1.165, 1.54) is 18.2 Å². The third-order valence-electron chi connectivity index (χ3n) is 4.67. The van der Waals surface area contributed by atoms with Crippen molar-refractivity contribution in [1.82, 2.24) is 10.2 Å². The van der Waals surface area contributed by atoms with Gasteiger partial charge in [0.05, 0.1) is 6.54 Å². The van der Waals surface area contributed by atoms with Crippen LogP contribution in [-0.2, 0) is 4.79 Å². The Balaban J connectivity index is 1.43. The quantitative estimate of drug-likeness (QED) is 0.745. The summed E-state index contributed by atoms with van der Waals surface area (Å²) >= 11 is 0. The standard InChI is InChI=1S/C21H23F2N3O3/c22-21(23)29-18-8-4-5-15(13-18)20(28)25-17-9-11-26(12-10-17)14-19(27)24-16-6-2-1-3-7-16/h1-8,13,17,21H,9-12,14H2,(H,24,27)(H,25,28). The van der Waals surface area contributed by atoms with Crippen molar-refractivity contribution in [2.75, 3.05) is 25.0 Å². The summed E-state index contributed by atoms with van der Waals surface area (Å²) in [4.78, 5) is 26.6. The highest BCUT2D eigenvalue weighted by atomic mass is 19.3. The Labute approximate surface area is 167 Å². The summed E-state index contributed by atoms with van der Waals surface area (Å²) < 4.78 is 29.0. The van der Waals surface area contributed by atoms with Crippen LogP contribution in [0.5, 0.6) is 5.75 Å². The molecule has 0 bridgehead atoms. The molecular formula is C21H23F2N3O3. The first kappa shape index (κ1) is 20.7. The van der Waals surface area contributed by atoms with E-state index in [1.54, 1.807) is 6.07 Å². The lowest BCUT2D eigenvalue weighted by Gasteiger charge is -2.31. The van der Waals surface area contributed by atoms with Crippen LogP contribution in [-0.4, -0.2) is 49.0 Å². The molecule has 2 amide bonds. The summed E-state index contributed by atoms with van der Waals surface area (Å²) in [7, 11) is 0. The number of anilines is 1. The van der Waals surface area contributed by atoms with Crippen LogP contribution in [0.3, 0.4) is 0 Å². The van der Waals surface area contributed by atoms with Crippen molar-refractivity contribution in [2.45, 2.75) is 25.5 Å². The second-order valence-corrected chi connectivity index (χ2v) is 6.84. The van der Waals surface area contributed by atoms with Crippen molar-refractivity contribution in [3.63, 3.8) is 0 Å². The molecule has 0 saturated carbocycles. The monoisotopic (exact) mass is 403 g/mol. The molecule has 2 aromatic rings. The predicted molar refractivity (Wildman–Crippen MR) is 105 cm³/mol. The van der Waals surface area contributed by atoms with E-state index in [4.69, 9.17) is 0 Å². The number of halogens is 2. The Morgan fingerprint density at radius 3 is 2.48 bits per heavy atom. The van der Waals surface area contributed by atoms with Crippen LogP contribution in [0.2, 0.25) is 0 Å². The molecule has 0 spiro atoms. The number of hydrogen-bond acceptors (Lipinski definition) is 4. The van der Waals surface area contributed by atoms with Gasteiger partial charge >= 0.3 is 6.61 Å². The van der Waals surface area contributed by atoms with Gasteiger partial charge in [0.1, 0.15) is 5.75 Å². The van der Waals surface area contributed by atoms with E-state index in [-0.39, 0.29) is 29.2 Å². The highest BCUT2D eigenvalue weighted by Gasteiger charge is 2.22. The van der Waals surface area contributed by atoms with Gasteiger partial charge in [-0.15, -0.1) is 0 Å². The Kier molecular flexibility index (Phi) is 7.13. The van der Waals surface area contributed by atoms with Gasteiger partial charge < -0.3 is 15.4 Å². The Morgan fingerprint density at radius 1 is 1.07 bits per heavy atom. The second kappa shape index (κ2) is 9.97. The molecule has 2 N–H and O–H groups in total. The van der Waals surface area contributed by atoms with Crippen molar-refractivity contribution in [3.05, 3.63) is 60.2 Å². The molecule has 1 fully saturated rings. The smallest absolute Gasteiger partial charge is 0.387 e. The number of likely N-dealkylation sites (tertiary alicyclic amines) is 1. The number of nitrogens with zero attached hydrogens (tertiary/aromatic N) is 1. The molecule has 3 rings (SSSR count). The number of alkyl halides is 2. The Morgan fingerprint density at radius 2 is 1.79 bits per heavy atom. The molecule has 1 heterocycles. The number of ether oxygens (including phenoxy) is 1. The lowest BCUT2D eigenvalue weighted by atomic mass is 10.0. The molecule has 8 heteroatoms. The van der Waals surface area contributed by atoms with Crippen LogP contribution in [0.1, 0.15) is 23.2 Å². The highest BCUT2D eigenvalue weighted by Crippen LogP contribution is 2.17. The number of carbonyl (C=O) groups excluding carboxylic acids is 2. The molecule has 154 valence electrons. The van der Waals surface area contributed by atoms with Crippen LogP contribution in [0.15, 0.2) is 54.6 Å². The summed E-state index contributed by atoms with van der Waals surface area (Å²) in [5.74, 6) is -0.452. The normalized spacial score (nSPS) is 15.1. The fourth-order valence-corrected chi connectivity index (χ4v) is 3.24. The van der Waals surface area contributed by atoms with Crippen molar-refractivity contribution in [1.29, 1.82) is 0 Å². The van der Waals surface area contributed by atoms with Gasteiger partial charge in [-0.2, -0.15) is 8.78 Å². The van der Waals surface area contributed by atoms with E-state index in [9.17, 15) is 18.4 Å². The number of nitrogens with one attached hydrogen (secondary N) is 2. The lowest BCUT2D eigenvalue weighted by Crippen LogP contribution is -2.46. The SMILES string of the molecule is O=C(CN1CCC(NC(=O)c2cccc(OC(F)F)c2)CC1)Nc1ccccc1.